The van der Waals surface area contributed by atoms with Gasteiger partial charge in [0.15, 0.2) is 24.8 Å². The van der Waals surface area contributed by atoms with E-state index in [0.717, 1.165) is 25.7 Å². The first-order chi connectivity index (χ1) is 22.9. The molecule has 0 aromatic carbocycles. The number of alkyl halides is 2. The lowest BCUT2D eigenvalue weighted by Crippen LogP contribution is -2.66. The molecule has 0 amide bonds. The average molecular weight is 679 g/mol. The average Bonchev–Trinajstić information content (AvgIpc) is 3.37. The molecule has 1 spiro atoms. The summed E-state index contributed by atoms with van der Waals surface area (Å²) in [7, 11) is 0. The van der Waals surface area contributed by atoms with Crippen LogP contribution in [0.2, 0.25) is 0 Å². The molecule has 9 heteroatoms. The summed E-state index contributed by atoms with van der Waals surface area (Å²) in [5.41, 5.74) is -4.75. The molecule has 5 aliphatic rings. The Labute approximate surface area is 286 Å². The van der Waals surface area contributed by atoms with E-state index >= 15 is 8.78 Å². The van der Waals surface area contributed by atoms with Crippen LogP contribution in [0.4, 0.5) is 8.78 Å². The molecule has 4 fully saturated rings. The zero-order valence-electron chi connectivity index (χ0n) is 29.8. The number of halogens is 2. The molecule has 3 saturated carbocycles. The molecule has 0 radical (unpaired) electrons. The van der Waals surface area contributed by atoms with Gasteiger partial charge in [-0.2, -0.15) is 0 Å². The monoisotopic (exact) mass is 678 g/mol. The maximum atomic E-state index is 17.6. The van der Waals surface area contributed by atoms with Gasteiger partial charge in [-0.05, 0) is 68.9 Å². The quantitative estimate of drug-likeness (QED) is 0.155. The number of unbranched alkanes of at least 4 members (excludes halogenated alkanes) is 8. The Balaban J connectivity index is 1.31. The third-order valence-corrected chi connectivity index (χ3v) is 13.3. The molecule has 1 N–H and O–H groups in total. The largest absolute Gasteiger partial charge is 0.456 e. The van der Waals surface area contributed by atoms with Crippen LogP contribution in [-0.4, -0.2) is 65.2 Å². The van der Waals surface area contributed by atoms with Gasteiger partial charge < -0.3 is 19.3 Å². The zero-order valence-corrected chi connectivity index (χ0v) is 29.8. The molecular formula is C39H60F2O7. The summed E-state index contributed by atoms with van der Waals surface area (Å²) in [5.74, 6) is -2.30. The number of ketones is 2. The lowest BCUT2D eigenvalue weighted by molar-refractivity contribution is -0.266. The fourth-order valence-electron chi connectivity index (χ4n) is 10.4. The van der Waals surface area contributed by atoms with Gasteiger partial charge in [0.25, 0.3) is 0 Å². The van der Waals surface area contributed by atoms with Crippen LogP contribution < -0.4 is 0 Å². The van der Waals surface area contributed by atoms with Crippen molar-refractivity contribution >= 4 is 17.5 Å². The van der Waals surface area contributed by atoms with Gasteiger partial charge in [-0.15, -0.1) is 0 Å². The topological polar surface area (TPSA) is 99.1 Å². The first-order valence-corrected chi connectivity index (χ1v) is 19.2. The highest BCUT2D eigenvalue weighted by Crippen LogP contribution is 2.71. The number of Topliss-reactive ketones (excluding diaryl/α,β-unsaturated/α-hetero) is 1. The molecule has 10 atom stereocenters. The van der Waals surface area contributed by atoms with Gasteiger partial charge in [0, 0.05) is 23.2 Å². The van der Waals surface area contributed by atoms with E-state index in [9.17, 15) is 19.5 Å². The highest BCUT2D eigenvalue weighted by atomic mass is 19.1. The lowest BCUT2D eigenvalue weighted by atomic mass is 9.44. The summed E-state index contributed by atoms with van der Waals surface area (Å²) in [5, 5.41) is 11.1. The number of aliphatic hydroxyl groups is 1. The summed E-state index contributed by atoms with van der Waals surface area (Å²) < 4.78 is 52.0. The van der Waals surface area contributed by atoms with Gasteiger partial charge in [0.2, 0.25) is 5.78 Å². The van der Waals surface area contributed by atoms with Crippen molar-refractivity contribution in [2.45, 2.75) is 186 Å². The number of aliphatic hydroxyl groups excluding tert-OH is 1. The fraction of sp³-hybridized carbons (Fsp3) is 0.872. The Bertz CT molecular complexity index is 1210. The number of esters is 1. The maximum absolute atomic E-state index is 17.6. The SMILES string of the molecule is CCCCCCCCCCCC(O)C1OC(CCC)O[C@@]2(CC[C@H]3[C@@H]4C[C@H](F)C5=CC(=O)CC[C@]5(C)[C@@]4(F)CC[C@@]32C)C(=O)COC1=O. The molecule has 1 aliphatic heterocycles. The Morgan fingerprint density at radius 2 is 1.60 bits per heavy atom. The molecule has 1 saturated heterocycles. The van der Waals surface area contributed by atoms with Crippen LogP contribution in [0, 0.1) is 22.7 Å². The lowest BCUT2D eigenvalue weighted by Gasteiger charge is -2.62. The molecule has 0 aromatic heterocycles. The second-order valence-corrected chi connectivity index (χ2v) is 16.1. The molecule has 1 heterocycles. The van der Waals surface area contributed by atoms with Crippen LogP contribution in [0.3, 0.4) is 0 Å². The highest BCUT2D eigenvalue weighted by Gasteiger charge is 2.73. The normalized spacial score (nSPS) is 40.6. The van der Waals surface area contributed by atoms with Crippen molar-refractivity contribution in [3.05, 3.63) is 11.6 Å². The first-order valence-electron chi connectivity index (χ1n) is 19.2. The van der Waals surface area contributed by atoms with Crippen LogP contribution in [0.5, 0.6) is 0 Å². The van der Waals surface area contributed by atoms with Gasteiger partial charge in [-0.25, -0.2) is 13.6 Å². The molecule has 4 aliphatic carbocycles. The van der Waals surface area contributed by atoms with E-state index in [1.807, 2.05) is 13.8 Å². The Hall–Kier alpha value is -1.71. The van der Waals surface area contributed by atoms with Gasteiger partial charge in [0.05, 0.1) is 6.10 Å². The summed E-state index contributed by atoms with van der Waals surface area (Å²) in [6.45, 7) is 7.40. The van der Waals surface area contributed by atoms with E-state index in [0.29, 0.717) is 44.1 Å². The van der Waals surface area contributed by atoms with E-state index in [1.54, 1.807) is 6.92 Å². The number of carbonyl (C=O) groups excluding carboxylic acids is 3. The number of allylic oxidation sites excluding steroid dienone is 1. The predicted molar refractivity (Wildman–Crippen MR) is 179 cm³/mol. The molecule has 0 aromatic rings. The minimum Gasteiger partial charge on any atom is -0.456 e. The number of ether oxygens (including phenoxy) is 3. The molecule has 272 valence electrons. The van der Waals surface area contributed by atoms with Crippen molar-refractivity contribution < 1.29 is 42.5 Å². The van der Waals surface area contributed by atoms with E-state index in [1.165, 1.54) is 38.2 Å². The van der Waals surface area contributed by atoms with Crippen LogP contribution >= 0.6 is 0 Å². The van der Waals surface area contributed by atoms with Crippen molar-refractivity contribution in [2.75, 3.05) is 6.61 Å². The summed E-state index contributed by atoms with van der Waals surface area (Å²) in [4.78, 5) is 39.8. The Morgan fingerprint density at radius 3 is 2.29 bits per heavy atom. The fourth-order valence-corrected chi connectivity index (χ4v) is 10.4. The first kappa shape index (κ1) is 37.5. The van der Waals surface area contributed by atoms with Crippen LogP contribution in [0.15, 0.2) is 11.6 Å². The third kappa shape index (κ3) is 6.70. The Kier molecular flexibility index (Phi) is 11.9. The van der Waals surface area contributed by atoms with Gasteiger partial charge in [-0.1, -0.05) is 91.9 Å². The minimum atomic E-state index is -1.71. The molecular weight excluding hydrogens is 618 g/mol. The van der Waals surface area contributed by atoms with E-state index in [4.69, 9.17) is 14.2 Å². The second kappa shape index (κ2) is 15.3. The summed E-state index contributed by atoms with van der Waals surface area (Å²) >= 11 is 0. The number of fused-ring (bicyclic) bond motifs is 6. The van der Waals surface area contributed by atoms with Crippen molar-refractivity contribution in [1.82, 2.24) is 0 Å². The maximum Gasteiger partial charge on any atom is 0.338 e. The third-order valence-electron chi connectivity index (χ3n) is 13.3. The van der Waals surface area contributed by atoms with Crippen molar-refractivity contribution in [1.29, 1.82) is 0 Å². The van der Waals surface area contributed by atoms with Crippen molar-refractivity contribution in [2.24, 2.45) is 22.7 Å². The summed E-state index contributed by atoms with van der Waals surface area (Å²) in [6.07, 6.45) is 9.86. The van der Waals surface area contributed by atoms with Crippen molar-refractivity contribution in [3.63, 3.8) is 0 Å². The predicted octanol–water partition coefficient (Wildman–Crippen LogP) is 8.23. The van der Waals surface area contributed by atoms with Gasteiger partial charge in [0.1, 0.15) is 17.4 Å². The Morgan fingerprint density at radius 1 is 0.917 bits per heavy atom. The smallest absolute Gasteiger partial charge is 0.338 e. The minimum absolute atomic E-state index is 0.0350. The van der Waals surface area contributed by atoms with Crippen LogP contribution in [-0.2, 0) is 28.6 Å². The highest BCUT2D eigenvalue weighted by molar-refractivity contribution is 5.93. The molecule has 0 bridgehead atoms. The number of hydrogen-bond acceptors (Lipinski definition) is 7. The molecule has 48 heavy (non-hydrogen) atoms. The van der Waals surface area contributed by atoms with Gasteiger partial charge >= 0.3 is 5.97 Å². The van der Waals surface area contributed by atoms with Crippen LogP contribution in [0.25, 0.3) is 0 Å². The van der Waals surface area contributed by atoms with Crippen molar-refractivity contribution in [3.8, 4) is 0 Å². The standard InChI is InChI=1S/C39H60F2O7/c1-5-7-8-9-10-11-12-13-14-16-31(43)34-35(45)46-25-32(44)39(48-33(47-34)15-6-2)20-18-27-28-24-30(40)29-23-26(42)17-19-36(29,3)38(28,41)22-21-37(27,39)4/h23,27-28,30-31,33-34,43H,5-22,24-25H2,1-4H3/t27-,28-,30-,31?,33?,34?,36-,37-,38+,39-/m0/s1. The van der Waals surface area contributed by atoms with E-state index in [-0.39, 0.29) is 43.2 Å². The number of hydrogen-bond donors (Lipinski definition) is 1. The zero-order chi connectivity index (χ0) is 34.7. The number of rotatable bonds is 13. The molecule has 7 nitrogen and oxygen atoms in total. The summed E-state index contributed by atoms with van der Waals surface area (Å²) in [6, 6.07) is 0. The van der Waals surface area contributed by atoms with Crippen LogP contribution in [0.1, 0.15) is 150 Å². The number of carbonyl (C=O) groups is 3. The molecule has 5 rings (SSSR count). The number of cyclic esters (lactones) is 1. The van der Waals surface area contributed by atoms with E-state index in [2.05, 4.69) is 6.92 Å². The van der Waals surface area contributed by atoms with E-state index < -0.39 is 65.3 Å². The van der Waals surface area contributed by atoms with Gasteiger partial charge in [-0.3, -0.25) is 9.59 Å². The second-order valence-electron chi connectivity index (χ2n) is 16.1. The molecule has 3 unspecified atom stereocenters.